The van der Waals surface area contributed by atoms with Crippen molar-refractivity contribution in [2.45, 2.75) is 16.2 Å². The first-order chi connectivity index (χ1) is 37.7. The standard InChI is InChI=1S/C75H49N/c1-3-21-50(22-4-1)73(65-32-14-7-25-57(65)58-26-8-15-33-66(58)73)52-39-43-54(44-40-52)76(55-45-41-53(42-46-55)74(51-23-5-2-6-24-51)67-34-16-9-27-59(67)60-28-10-17-35-68(60)74)56-47-48-64-63-31-13-20-38-71(63)75(72(64)49-56)69-36-18-11-29-61(69)62-30-12-19-37-70(62)75/h1-49H. The molecule has 1 spiro atoms. The van der Waals surface area contributed by atoms with E-state index in [2.05, 4.69) is 302 Å². The summed E-state index contributed by atoms with van der Waals surface area (Å²) in [7, 11) is 0. The second kappa shape index (κ2) is 16.2. The Bertz CT molecular complexity index is 3940. The van der Waals surface area contributed by atoms with Crippen molar-refractivity contribution < 1.29 is 0 Å². The SMILES string of the molecule is c1ccc(C2(c3ccc(N(c4ccc(C5(c6ccccc6)c6ccccc6-c6ccccc65)cc4)c4ccc5c(c4)C4(c6ccccc6-c6ccccc64)c4ccccc4-5)cc3)c3ccccc3-c3ccccc32)cc1. The predicted octanol–water partition coefficient (Wildman–Crippen LogP) is 18.2. The van der Waals surface area contributed by atoms with E-state index in [4.69, 9.17) is 0 Å². The average molecular weight is 964 g/mol. The smallest absolute Gasteiger partial charge is 0.0726 e. The molecule has 354 valence electrons. The van der Waals surface area contributed by atoms with Crippen molar-refractivity contribution in [1.29, 1.82) is 0 Å². The van der Waals surface area contributed by atoms with Gasteiger partial charge in [0.15, 0.2) is 0 Å². The molecule has 0 aliphatic heterocycles. The monoisotopic (exact) mass is 963 g/mol. The van der Waals surface area contributed by atoms with Crippen molar-refractivity contribution in [1.82, 2.24) is 0 Å². The van der Waals surface area contributed by atoms with Crippen LogP contribution < -0.4 is 4.90 Å². The highest BCUT2D eigenvalue weighted by Crippen LogP contribution is 2.64. The third kappa shape index (κ3) is 5.54. The first kappa shape index (κ1) is 42.9. The summed E-state index contributed by atoms with van der Waals surface area (Å²) in [5.74, 6) is 0. The molecule has 0 aromatic heterocycles. The van der Waals surface area contributed by atoms with Gasteiger partial charge in [-0.2, -0.15) is 0 Å². The highest BCUT2D eigenvalue weighted by molar-refractivity contribution is 5.97. The summed E-state index contributed by atoms with van der Waals surface area (Å²) in [6.07, 6.45) is 0. The Labute approximate surface area is 444 Å². The van der Waals surface area contributed by atoms with Crippen molar-refractivity contribution in [2.24, 2.45) is 0 Å². The Hall–Kier alpha value is -9.56. The number of hydrogen-bond donors (Lipinski definition) is 0. The van der Waals surface area contributed by atoms with E-state index in [0.717, 1.165) is 17.1 Å². The second-order valence-corrected chi connectivity index (χ2v) is 21.0. The Morgan fingerprint density at radius 2 is 0.408 bits per heavy atom. The Morgan fingerprint density at radius 1 is 0.171 bits per heavy atom. The van der Waals surface area contributed by atoms with Crippen LogP contribution in [0.2, 0.25) is 0 Å². The minimum Gasteiger partial charge on any atom is -0.310 e. The van der Waals surface area contributed by atoms with Crippen LogP contribution in [0.15, 0.2) is 297 Å². The lowest BCUT2D eigenvalue weighted by Crippen LogP contribution is -2.28. The van der Waals surface area contributed by atoms with E-state index in [0.29, 0.717) is 0 Å². The van der Waals surface area contributed by atoms with Crippen LogP contribution in [0.3, 0.4) is 0 Å². The lowest BCUT2D eigenvalue weighted by molar-refractivity contribution is 0.768. The quantitative estimate of drug-likeness (QED) is 0.154. The van der Waals surface area contributed by atoms with Crippen LogP contribution in [-0.2, 0) is 16.2 Å². The normalized spacial score (nSPS) is 14.6. The van der Waals surface area contributed by atoms with Gasteiger partial charge in [0.1, 0.15) is 0 Å². The Morgan fingerprint density at radius 3 is 0.724 bits per heavy atom. The molecule has 4 aliphatic carbocycles. The summed E-state index contributed by atoms with van der Waals surface area (Å²) >= 11 is 0. The molecule has 4 aliphatic rings. The number of rotatable bonds is 7. The van der Waals surface area contributed by atoms with Crippen LogP contribution in [0, 0.1) is 0 Å². The van der Waals surface area contributed by atoms with Gasteiger partial charge in [0.25, 0.3) is 0 Å². The summed E-state index contributed by atoms with van der Waals surface area (Å²) in [6.45, 7) is 0. The molecule has 0 saturated carbocycles. The Balaban J connectivity index is 0.924. The van der Waals surface area contributed by atoms with E-state index >= 15 is 0 Å². The molecule has 16 rings (SSSR count). The van der Waals surface area contributed by atoms with Gasteiger partial charge < -0.3 is 4.90 Å². The van der Waals surface area contributed by atoms with Crippen LogP contribution in [-0.4, -0.2) is 0 Å². The summed E-state index contributed by atoms with van der Waals surface area (Å²) in [6, 6.07) is 112. The van der Waals surface area contributed by atoms with Gasteiger partial charge in [-0.3, -0.25) is 0 Å². The van der Waals surface area contributed by atoms with Crippen molar-refractivity contribution in [2.75, 3.05) is 4.90 Å². The average Bonchev–Trinajstić information content (AvgIpc) is 4.18. The zero-order valence-corrected chi connectivity index (χ0v) is 41.7. The van der Waals surface area contributed by atoms with E-state index in [-0.39, 0.29) is 0 Å². The predicted molar refractivity (Wildman–Crippen MR) is 312 cm³/mol. The number of hydrogen-bond acceptors (Lipinski definition) is 1. The fourth-order valence-corrected chi connectivity index (χ4v) is 14.8. The van der Waals surface area contributed by atoms with Crippen molar-refractivity contribution in [3.63, 3.8) is 0 Å². The first-order valence-corrected chi connectivity index (χ1v) is 26.7. The molecule has 0 fully saturated rings. The third-order valence-corrected chi connectivity index (χ3v) is 17.7. The van der Waals surface area contributed by atoms with Gasteiger partial charge in [0, 0.05) is 17.1 Å². The minimum absolute atomic E-state index is 0.481. The molecule has 0 heterocycles. The van der Waals surface area contributed by atoms with Crippen LogP contribution in [0.25, 0.3) is 44.5 Å². The Kier molecular flexibility index (Phi) is 9.15. The van der Waals surface area contributed by atoms with E-state index < -0.39 is 16.2 Å². The summed E-state index contributed by atoms with van der Waals surface area (Å²) < 4.78 is 0. The maximum atomic E-state index is 2.51. The largest absolute Gasteiger partial charge is 0.310 e. The highest BCUT2D eigenvalue weighted by atomic mass is 15.1. The van der Waals surface area contributed by atoms with Gasteiger partial charge in [-0.25, -0.2) is 0 Å². The maximum Gasteiger partial charge on any atom is 0.0726 e. The molecule has 1 heteroatoms. The van der Waals surface area contributed by atoms with Crippen LogP contribution >= 0.6 is 0 Å². The topological polar surface area (TPSA) is 3.24 Å². The molecule has 0 amide bonds. The second-order valence-electron chi connectivity index (χ2n) is 21.0. The lowest BCUT2D eigenvalue weighted by atomic mass is 9.67. The molecule has 12 aromatic carbocycles. The fraction of sp³-hybridized carbons (Fsp3) is 0.0400. The van der Waals surface area contributed by atoms with E-state index in [9.17, 15) is 0 Å². The van der Waals surface area contributed by atoms with Crippen molar-refractivity contribution >= 4 is 17.1 Å². The van der Waals surface area contributed by atoms with E-state index in [1.54, 1.807) is 0 Å². The van der Waals surface area contributed by atoms with E-state index in [1.165, 1.54) is 111 Å². The summed E-state index contributed by atoms with van der Waals surface area (Å²) in [5.41, 5.74) is 27.7. The van der Waals surface area contributed by atoms with Crippen LogP contribution in [0.4, 0.5) is 17.1 Å². The number of fused-ring (bicyclic) bond motifs is 16. The zero-order chi connectivity index (χ0) is 50.0. The molecule has 0 saturated heterocycles. The van der Waals surface area contributed by atoms with E-state index in [1.807, 2.05) is 0 Å². The van der Waals surface area contributed by atoms with Gasteiger partial charge in [-0.1, -0.05) is 261 Å². The maximum absolute atomic E-state index is 2.51. The summed E-state index contributed by atoms with van der Waals surface area (Å²) in [5, 5.41) is 0. The fourth-order valence-electron chi connectivity index (χ4n) is 14.8. The molecule has 0 unspecified atom stereocenters. The third-order valence-electron chi connectivity index (χ3n) is 17.7. The van der Waals surface area contributed by atoms with Crippen molar-refractivity contribution in [3.8, 4) is 44.5 Å². The summed E-state index contributed by atoms with van der Waals surface area (Å²) in [4.78, 5) is 2.49. The van der Waals surface area contributed by atoms with Crippen LogP contribution in [0.1, 0.15) is 66.8 Å². The highest BCUT2D eigenvalue weighted by Gasteiger charge is 2.52. The zero-order valence-electron chi connectivity index (χ0n) is 41.7. The molecule has 76 heavy (non-hydrogen) atoms. The first-order valence-electron chi connectivity index (χ1n) is 26.7. The number of benzene rings is 12. The molecular formula is C75H49N. The van der Waals surface area contributed by atoms with Gasteiger partial charge >= 0.3 is 0 Å². The minimum atomic E-state index is -0.506. The van der Waals surface area contributed by atoms with Gasteiger partial charge in [-0.05, 0) is 148 Å². The lowest BCUT2D eigenvalue weighted by Gasteiger charge is -2.35. The molecule has 0 bridgehead atoms. The van der Waals surface area contributed by atoms with Gasteiger partial charge in [0.2, 0.25) is 0 Å². The van der Waals surface area contributed by atoms with Crippen molar-refractivity contribution in [3.05, 3.63) is 364 Å². The molecule has 0 atom stereocenters. The van der Waals surface area contributed by atoms with Gasteiger partial charge in [-0.15, -0.1) is 0 Å². The number of anilines is 3. The van der Waals surface area contributed by atoms with Crippen LogP contribution in [0.5, 0.6) is 0 Å². The molecule has 0 N–H and O–H groups in total. The number of nitrogens with zero attached hydrogens (tertiary/aromatic N) is 1. The molecular weight excluding hydrogens is 915 g/mol. The van der Waals surface area contributed by atoms with Gasteiger partial charge in [0.05, 0.1) is 16.2 Å². The molecule has 1 nitrogen and oxygen atoms in total. The molecule has 12 aromatic rings. The molecule has 0 radical (unpaired) electrons.